The average Bonchev–Trinajstić information content (AvgIpc) is 2.64. The topological polar surface area (TPSA) is 85.0 Å². The molecule has 3 aromatic carbocycles. The van der Waals surface area contributed by atoms with Crippen LogP contribution < -0.4 is 4.74 Å². The van der Waals surface area contributed by atoms with Crippen molar-refractivity contribution in [2.24, 2.45) is 4.99 Å². The molecule has 130 valence electrons. The molecule has 0 aliphatic heterocycles. The maximum absolute atomic E-state index is 10.8. The molecule has 0 atom stereocenters. The van der Waals surface area contributed by atoms with Crippen LogP contribution in [-0.2, 0) is 0 Å². The lowest BCUT2D eigenvalue weighted by atomic mass is 10.2. The summed E-state index contributed by atoms with van der Waals surface area (Å²) in [6.07, 6.45) is 1.39. The van der Waals surface area contributed by atoms with Crippen molar-refractivity contribution >= 4 is 17.6 Å². The van der Waals surface area contributed by atoms with Gasteiger partial charge in [0, 0.05) is 17.8 Å². The van der Waals surface area contributed by atoms with Gasteiger partial charge in [-0.2, -0.15) is 0 Å². The number of rotatable bonds is 5. The van der Waals surface area contributed by atoms with Gasteiger partial charge in [-0.1, -0.05) is 24.3 Å². The monoisotopic (exact) mass is 348 g/mol. The SMILES string of the molecule is Cc1ccccc1Oc1ccc(N=Cc2cccc([N+](=O)[O-])c2O)cc1. The summed E-state index contributed by atoms with van der Waals surface area (Å²) in [5.41, 5.74) is 1.60. The first-order valence-corrected chi connectivity index (χ1v) is 7.88. The number of benzene rings is 3. The highest BCUT2D eigenvalue weighted by molar-refractivity contribution is 5.87. The molecule has 0 unspecified atom stereocenters. The van der Waals surface area contributed by atoms with Crippen molar-refractivity contribution < 1.29 is 14.8 Å². The van der Waals surface area contributed by atoms with Gasteiger partial charge in [0.2, 0.25) is 5.75 Å². The highest BCUT2D eigenvalue weighted by Gasteiger charge is 2.14. The molecule has 0 heterocycles. The van der Waals surface area contributed by atoms with E-state index in [-0.39, 0.29) is 11.3 Å². The van der Waals surface area contributed by atoms with Crippen molar-refractivity contribution in [3.05, 3.63) is 88.0 Å². The van der Waals surface area contributed by atoms with Gasteiger partial charge in [0.05, 0.1) is 10.6 Å². The number of nitro benzene ring substituents is 1. The van der Waals surface area contributed by atoms with Crippen LogP contribution in [0.4, 0.5) is 11.4 Å². The van der Waals surface area contributed by atoms with Crippen LogP contribution in [-0.4, -0.2) is 16.2 Å². The molecule has 0 radical (unpaired) electrons. The minimum absolute atomic E-state index is 0.277. The molecule has 0 fully saturated rings. The quantitative estimate of drug-likeness (QED) is 0.392. The molecule has 26 heavy (non-hydrogen) atoms. The summed E-state index contributed by atoms with van der Waals surface area (Å²) in [5.74, 6) is 1.06. The molecule has 0 aliphatic carbocycles. The molecule has 6 nitrogen and oxygen atoms in total. The zero-order valence-corrected chi connectivity index (χ0v) is 14.0. The summed E-state index contributed by atoms with van der Waals surface area (Å²) in [6, 6.07) is 19.1. The van der Waals surface area contributed by atoms with Crippen LogP contribution in [0.1, 0.15) is 11.1 Å². The highest BCUT2D eigenvalue weighted by atomic mass is 16.6. The molecule has 0 bridgehead atoms. The second kappa shape index (κ2) is 7.48. The Labute approximate surface area is 150 Å². The van der Waals surface area contributed by atoms with Gasteiger partial charge in [-0.25, -0.2) is 0 Å². The molecule has 0 saturated heterocycles. The lowest BCUT2D eigenvalue weighted by molar-refractivity contribution is -0.385. The normalized spacial score (nSPS) is 10.8. The Hall–Kier alpha value is -3.67. The van der Waals surface area contributed by atoms with Crippen LogP contribution in [0, 0.1) is 17.0 Å². The number of para-hydroxylation sites is 2. The molecule has 0 aromatic heterocycles. The predicted octanol–water partition coefficient (Wildman–Crippen LogP) is 5.15. The number of hydrogen-bond donors (Lipinski definition) is 1. The fraction of sp³-hybridized carbons (Fsp3) is 0.0500. The Bertz CT molecular complexity index is 966. The van der Waals surface area contributed by atoms with Gasteiger partial charge in [-0.15, -0.1) is 0 Å². The largest absolute Gasteiger partial charge is 0.502 e. The first-order chi connectivity index (χ1) is 12.5. The molecular formula is C20H16N2O4. The van der Waals surface area contributed by atoms with Crippen LogP contribution in [0.15, 0.2) is 71.7 Å². The van der Waals surface area contributed by atoms with E-state index in [4.69, 9.17) is 4.74 Å². The minimum atomic E-state index is -0.635. The van der Waals surface area contributed by atoms with Gasteiger partial charge >= 0.3 is 5.69 Å². The Morgan fingerprint density at radius 1 is 1.04 bits per heavy atom. The smallest absolute Gasteiger partial charge is 0.311 e. The fourth-order valence-electron chi connectivity index (χ4n) is 2.34. The molecular weight excluding hydrogens is 332 g/mol. The zero-order valence-electron chi connectivity index (χ0n) is 14.0. The maximum Gasteiger partial charge on any atom is 0.311 e. The highest BCUT2D eigenvalue weighted by Crippen LogP contribution is 2.29. The van der Waals surface area contributed by atoms with Crippen LogP contribution in [0.5, 0.6) is 17.2 Å². The van der Waals surface area contributed by atoms with Crippen LogP contribution in [0.3, 0.4) is 0 Å². The van der Waals surface area contributed by atoms with Crippen LogP contribution in [0.2, 0.25) is 0 Å². The summed E-state index contributed by atoms with van der Waals surface area (Å²) in [4.78, 5) is 14.5. The van der Waals surface area contributed by atoms with E-state index < -0.39 is 10.7 Å². The third-order valence-electron chi connectivity index (χ3n) is 3.75. The number of nitrogens with zero attached hydrogens (tertiary/aromatic N) is 2. The van der Waals surface area contributed by atoms with Crippen molar-refractivity contribution in [3.8, 4) is 17.2 Å². The van der Waals surface area contributed by atoms with E-state index in [0.717, 1.165) is 11.3 Å². The summed E-state index contributed by atoms with van der Waals surface area (Å²) in [5, 5.41) is 20.8. The van der Waals surface area contributed by atoms with Crippen molar-refractivity contribution in [1.29, 1.82) is 0 Å². The second-order valence-corrected chi connectivity index (χ2v) is 5.59. The molecule has 0 spiro atoms. The van der Waals surface area contributed by atoms with E-state index in [0.29, 0.717) is 11.4 Å². The van der Waals surface area contributed by atoms with Gasteiger partial charge in [0.1, 0.15) is 11.5 Å². The molecule has 0 saturated carbocycles. The molecule has 3 aromatic rings. The maximum atomic E-state index is 10.8. The van der Waals surface area contributed by atoms with Gasteiger partial charge in [0.15, 0.2) is 0 Å². The predicted molar refractivity (Wildman–Crippen MR) is 99.7 cm³/mol. The van der Waals surface area contributed by atoms with E-state index >= 15 is 0 Å². The van der Waals surface area contributed by atoms with Crippen LogP contribution in [0.25, 0.3) is 0 Å². The zero-order chi connectivity index (χ0) is 18.5. The Morgan fingerprint density at radius 2 is 1.77 bits per heavy atom. The Balaban J connectivity index is 1.76. The fourth-order valence-corrected chi connectivity index (χ4v) is 2.34. The number of phenols is 1. The summed E-state index contributed by atoms with van der Waals surface area (Å²) in [7, 11) is 0. The third-order valence-corrected chi connectivity index (χ3v) is 3.75. The summed E-state index contributed by atoms with van der Waals surface area (Å²) >= 11 is 0. The first kappa shape index (κ1) is 17.2. The standard InChI is InChI=1S/C20H16N2O4/c1-14-5-2-3-8-19(14)26-17-11-9-16(10-12-17)21-13-15-6-4-7-18(20(15)23)22(24)25/h2-13,23H,1H3. The Morgan fingerprint density at radius 3 is 2.46 bits per heavy atom. The van der Waals surface area contributed by atoms with E-state index in [2.05, 4.69) is 4.99 Å². The van der Waals surface area contributed by atoms with Crippen LogP contribution >= 0.6 is 0 Å². The van der Waals surface area contributed by atoms with Crippen molar-refractivity contribution in [2.45, 2.75) is 6.92 Å². The van der Waals surface area contributed by atoms with E-state index in [1.54, 1.807) is 30.3 Å². The summed E-state index contributed by atoms with van der Waals surface area (Å²) < 4.78 is 5.82. The average molecular weight is 348 g/mol. The van der Waals surface area contributed by atoms with E-state index in [1.165, 1.54) is 18.3 Å². The number of hydrogen-bond acceptors (Lipinski definition) is 5. The van der Waals surface area contributed by atoms with Gasteiger partial charge in [-0.05, 0) is 48.9 Å². The van der Waals surface area contributed by atoms with Gasteiger partial charge in [0.25, 0.3) is 0 Å². The van der Waals surface area contributed by atoms with E-state index in [9.17, 15) is 15.2 Å². The molecule has 0 amide bonds. The minimum Gasteiger partial charge on any atom is -0.502 e. The molecule has 6 heteroatoms. The number of aromatic hydroxyl groups is 1. The van der Waals surface area contributed by atoms with Crippen molar-refractivity contribution in [3.63, 3.8) is 0 Å². The number of aliphatic imine (C=N–C) groups is 1. The van der Waals surface area contributed by atoms with E-state index in [1.807, 2.05) is 31.2 Å². The Kier molecular flexibility index (Phi) is 4.94. The van der Waals surface area contributed by atoms with Gasteiger partial charge < -0.3 is 9.84 Å². The first-order valence-electron chi connectivity index (χ1n) is 7.88. The molecule has 0 aliphatic rings. The lowest BCUT2D eigenvalue weighted by Crippen LogP contribution is -1.91. The number of phenolic OH excluding ortho intramolecular Hbond substituents is 1. The number of nitro groups is 1. The third kappa shape index (κ3) is 3.87. The number of ether oxygens (including phenoxy) is 1. The molecule has 1 N–H and O–H groups in total. The van der Waals surface area contributed by atoms with Crippen molar-refractivity contribution in [2.75, 3.05) is 0 Å². The van der Waals surface area contributed by atoms with Crippen molar-refractivity contribution in [1.82, 2.24) is 0 Å². The summed E-state index contributed by atoms with van der Waals surface area (Å²) in [6.45, 7) is 1.97. The second-order valence-electron chi connectivity index (χ2n) is 5.59. The lowest BCUT2D eigenvalue weighted by Gasteiger charge is -2.08. The van der Waals surface area contributed by atoms with Gasteiger partial charge in [-0.3, -0.25) is 15.1 Å². The number of aryl methyl sites for hydroxylation is 1. The molecule has 3 rings (SSSR count).